The zero-order valence-corrected chi connectivity index (χ0v) is 18.2. The van der Waals surface area contributed by atoms with Gasteiger partial charge in [0.1, 0.15) is 22.1 Å². The number of hydrogen-bond acceptors (Lipinski definition) is 4. The Bertz CT molecular complexity index is 761. The number of hydrogen-bond donors (Lipinski definition) is 1. The van der Waals surface area contributed by atoms with Gasteiger partial charge in [0.05, 0.1) is 0 Å². The fraction of sp³-hybridized carbons (Fsp3) is 0.650. The third-order valence-corrected chi connectivity index (χ3v) is 5.59. The van der Waals surface area contributed by atoms with E-state index in [2.05, 4.69) is 40.1 Å². The van der Waals surface area contributed by atoms with Gasteiger partial charge in [-0.1, -0.05) is 20.3 Å². The van der Waals surface area contributed by atoms with Crippen LogP contribution in [0.25, 0.3) is 0 Å². The molecule has 3 rings (SSSR count). The molecule has 0 bridgehead atoms. The number of ether oxygens (including phenoxy) is 1. The highest BCUT2D eigenvalue weighted by atomic mass is 79.9. The maximum atomic E-state index is 13.0. The lowest BCUT2D eigenvalue weighted by Gasteiger charge is -2.29. The molecule has 7 heteroatoms. The molecule has 2 fully saturated rings. The molecule has 1 aromatic heterocycles. The average molecular weight is 438 g/mol. The van der Waals surface area contributed by atoms with Crippen LogP contribution >= 0.6 is 15.9 Å². The van der Waals surface area contributed by atoms with E-state index in [1.807, 2.05) is 32.9 Å². The van der Waals surface area contributed by atoms with Gasteiger partial charge >= 0.3 is 6.09 Å². The van der Waals surface area contributed by atoms with Crippen molar-refractivity contribution in [3.05, 3.63) is 22.3 Å². The Hall–Kier alpha value is -1.63. The molecule has 0 aromatic carbocycles. The number of fused-ring (bicyclic) bond motifs is 1. The Balaban J connectivity index is 1.76. The number of likely N-dealkylation sites (tertiary alicyclic amines) is 1. The van der Waals surface area contributed by atoms with Gasteiger partial charge in [0.15, 0.2) is 0 Å². The minimum absolute atomic E-state index is 0.0109. The monoisotopic (exact) mass is 437 g/mol. The topological polar surface area (TPSA) is 71.5 Å². The van der Waals surface area contributed by atoms with Crippen LogP contribution in [0.1, 0.15) is 59.4 Å². The van der Waals surface area contributed by atoms with Crippen LogP contribution in [0, 0.1) is 5.41 Å². The second kappa shape index (κ2) is 7.08. The fourth-order valence-corrected chi connectivity index (χ4v) is 4.32. The van der Waals surface area contributed by atoms with Gasteiger partial charge in [-0.25, -0.2) is 9.78 Å². The van der Waals surface area contributed by atoms with Crippen molar-refractivity contribution in [2.75, 3.05) is 5.32 Å². The summed E-state index contributed by atoms with van der Waals surface area (Å²) < 4.78 is 6.24. The molecule has 1 saturated heterocycles. The smallest absolute Gasteiger partial charge is 0.411 e. The van der Waals surface area contributed by atoms with Gasteiger partial charge < -0.3 is 10.1 Å². The van der Waals surface area contributed by atoms with Gasteiger partial charge in [0.25, 0.3) is 0 Å². The van der Waals surface area contributed by atoms with Crippen molar-refractivity contribution < 1.29 is 14.3 Å². The van der Waals surface area contributed by atoms with E-state index in [0.717, 1.165) is 24.8 Å². The number of halogens is 1. The quantitative estimate of drug-likeness (QED) is 0.702. The number of nitrogens with zero attached hydrogens (tertiary/aromatic N) is 2. The normalized spacial score (nSPS) is 26.5. The molecule has 0 unspecified atom stereocenters. The summed E-state index contributed by atoms with van der Waals surface area (Å²) in [6.07, 6.45) is 3.09. The summed E-state index contributed by atoms with van der Waals surface area (Å²) in [5, 5.41) is 2.90. The Labute approximate surface area is 169 Å². The lowest BCUT2D eigenvalue weighted by Crippen LogP contribution is -2.47. The average Bonchev–Trinajstić information content (AvgIpc) is 3.06. The minimum Gasteiger partial charge on any atom is -0.444 e. The summed E-state index contributed by atoms with van der Waals surface area (Å²) >= 11 is 3.40. The minimum atomic E-state index is -0.590. The lowest BCUT2D eigenvalue weighted by molar-refractivity contribution is -0.121. The van der Waals surface area contributed by atoms with Gasteiger partial charge in [-0.15, -0.1) is 0 Å². The number of carbonyl (C=O) groups is 2. The zero-order valence-electron chi connectivity index (χ0n) is 16.6. The number of pyridine rings is 1. The standard InChI is InChI=1S/C20H28BrN3O3/c1-6-7-12-8-15(21)22-16(9-12)23-17(25)13-10-20(5)11-14(20)24(13)18(26)27-19(2,3)4/h8-9,13-14H,6-7,10-11H2,1-5H3,(H,22,23,25)/t13-,14+,20-/m0/s1. The second-order valence-electron chi connectivity index (χ2n) is 8.90. The first-order chi connectivity index (χ1) is 12.5. The Kier molecular flexibility index (Phi) is 5.27. The highest BCUT2D eigenvalue weighted by Gasteiger charge is 2.65. The number of rotatable bonds is 4. The summed E-state index contributed by atoms with van der Waals surface area (Å²) in [6.45, 7) is 9.74. The predicted molar refractivity (Wildman–Crippen MR) is 108 cm³/mol. The van der Waals surface area contributed by atoms with E-state index < -0.39 is 17.7 Å². The third kappa shape index (κ3) is 4.45. The summed E-state index contributed by atoms with van der Waals surface area (Å²) in [5.74, 6) is 0.301. The first-order valence-corrected chi connectivity index (χ1v) is 10.3. The molecule has 2 amide bonds. The maximum Gasteiger partial charge on any atom is 0.411 e. The van der Waals surface area contributed by atoms with E-state index in [9.17, 15) is 9.59 Å². The Morgan fingerprint density at radius 3 is 2.70 bits per heavy atom. The molecular formula is C20H28BrN3O3. The maximum absolute atomic E-state index is 13.0. The largest absolute Gasteiger partial charge is 0.444 e. The molecule has 0 radical (unpaired) electrons. The predicted octanol–water partition coefficient (Wildman–Crippen LogP) is 4.52. The highest BCUT2D eigenvalue weighted by Crippen LogP contribution is 2.59. The molecule has 2 aliphatic rings. The molecule has 1 aliphatic carbocycles. The molecule has 3 atom stereocenters. The van der Waals surface area contributed by atoms with Gasteiger partial charge in [0, 0.05) is 6.04 Å². The number of anilines is 1. The molecular weight excluding hydrogens is 410 g/mol. The fourth-order valence-electron chi connectivity index (χ4n) is 3.84. The van der Waals surface area contributed by atoms with Crippen LogP contribution in [0.5, 0.6) is 0 Å². The van der Waals surface area contributed by atoms with Crippen molar-refractivity contribution in [2.24, 2.45) is 5.41 Å². The van der Waals surface area contributed by atoms with Crippen LogP contribution in [0.3, 0.4) is 0 Å². The number of aryl methyl sites for hydroxylation is 1. The van der Waals surface area contributed by atoms with E-state index in [4.69, 9.17) is 4.74 Å². The molecule has 148 valence electrons. The zero-order chi connectivity index (χ0) is 20.0. The summed E-state index contributed by atoms with van der Waals surface area (Å²) in [5.41, 5.74) is 0.532. The molecule has 2 heterocycles. The van der Waals surface area contributed by atoms with Crippen molar-refractivity contribution in [3.63, 3.8) is 0 Å². The third-order valence-electron chi connectivity index (χ3n) is 5.19. The Morgan fingerprint density at radius 1 is 1.37 bits per heavy atom. The van der Waals surface area contributed by atoms with Gasteiger partial charge in [-0.3, -0.25) is 9.69 Å². The van der Waals surface area contributed by atoms with Crippen molar-refractivity contribution in [2.45, 2.75) is 78.0 Å². The molecule has 6 nitrogen and oxygen atoms in total. The van der Waals surface area contributed by atoms with Gasteiger partial charge in [0.2, 0.25) is 5.91 Å². The van der Waals surface area contributed by atoms with Crippen LogP contribution in [0.4, 0.5) is 10.6 Å². The lowest BCUT2D eigenvalue weighted by atomic mass is 10.0. The second-order valence-corrected chi connectivity index (χ2v) is 9.72. The van der Waals surface area contributed by atoms with Crippen LogP contribution in [0.2, 0.25) is 0 Å². The number of carbonyl (C=O) groups excluding carboxylic acids is 2. The van der Waals surface area contributed by atoms with Crippen molar-refractivity contribution in [3.8, 4) is 0 Å². The van der Waals surface area contributed by atoms with E-state index in [-0.39, 0.29) is 17.4 Å². The molecule has 0 spiro atoms. The van der Waals surface area contributed by atoms with Gasteiger partial charge in [-0.2, -0.15) is 0 Å². The number of nitrogens with one attached hydrogen (secondary N) is 1. The van der Waals surface area contributed by atoms with Crippen LogP contribution < -0.4 is 5.32 Å². The van der Waals surface area contributed by atoms with Crippen LogP contribution in [0.15, 0.2) is 16.7 Å². The highest BCUT2D eigenvalue weighted by molar-refractivity contribution is 9.10. The summed E-state index contributed by atoms with van der Waals surface area (Å²) in [4.78, 5) is 31.7. The number of piperidine rings is 1. The molecule has 1 saturated carbocycles. The van der Waals surface area contributed by atoms with Crippen molar-refractivity contribution in [1.82, 2.24) is 9.88 Å². The van der Waals surface area contributed by atoms with Crippen LogP contribution in [-0.2, 0) is 16.0 Å². The first-order valence-electron chi connectivity index (χ1n) is 9.51. The van der Waals surface area contributed by atoms with E-state index in [1.54, 1.807) is 4.90 Å². The Morgan fingerprint density at radius 2 is 2.07 bits per heavy atom. The van der Waals surface area contributed by atoms with E-state index in [1.165, 1.54) is 0 Å². The van der Waals surface area contributed by atoms with Crippen LogP contribution in [-0.4, -0.2) is 39.6 Å². The molecule has 1 aliphatic heterocycles. The number of amides is 2. The molecule has 1 N–H and O–H groups in total. The summed E-state index contributed by atoms with van der Waals surface area (Å²) in [7, 11) is 0. The van der Waals surface area contributed by atoms with Crippen molar-refractivity contribution >= 4 is 33.7 Å². The molecule has 1 aromatic rings. The number of aromatic nitrogens is 1. The SMILES string of the molecule is CCCc1cc(Br)nc(NC(=O)[C@@H]2C[C@@]3(C)C[C@H]3N2C(=O)OC(C)(C)C)c1. The van der Waals surface area contributed by atoms with Gasteiger partial charge in [-0.05, 0) is 79.1 Å². The summed E-state index contributed by atoms with van der Waals surface area (Å²) in [6, 6.07) is 3.40. The van der Waals surface area contributed by atoms with E-state index in [0.29, 0.717) is 16.8 Å². The van der Waals surface area contributed by atoms with E-state index >= 15 is 0 Å². The molecule has 27 heavy (non-hydrogen) atoms. The van der Waals surface area contributed by atoms with Crippen molar-refractivity contribution in [1.29, 1.82) is 0 Å². The first kappa shape index (κ1) is 20.1.